The summed E-state index contributed by atoms with van der Waals surface area (Å²) in [5, 5.41) is 3.67. The highest BCUT2D eigenvalue weighted by Gasteiger charge is 2.12. The van der Waals surface area contributed by atoms with Crippen molar-refractivity contribution in [2.45, 2.75) is 70.6 Å². The molecule has 2 aromatic carbocycles. The van der Waals surface area contributed by atoms with Crippen LogP contribution in [0.25, 0.3) is 0 Å². The fraction of sp³-hybridized carbons (Fsp3) is 0.520. The summed E-state index contributed by atoms with van der Waals surface area (Å²) in [7, 11) is 0. The van der Waals surface area contributed by atoms with Crippen LogP contribution in [-0.4, -0.2) is 13.1 Å². The Labute approximate surface area is 161 Å². The molecule has 0 aliphatic rings. The first-order valence-electron chi connectivity index (χ1n) is 10.7. The molecule has 0 heterocycles. The molecule has 0 bridgehead atoms. The highest BCUT2D eigenvalue weighted by atomic mass is 14.8. The molecule has 2 aromatic rings. The van der Waals surface area contributed by atoms with Crippen LogP contribution in [0, 0.1) is 0 Å². The van der Waals surface area contributed by atoms with E-state index in [0.29, 0.717) is 5.92 Å². The highest BCUT2D eigenvalue weighted by Crippen LogP contribution is 2.27. The first-order chi connectivity index (χ1) is 12.9. The molecule has 0 fully saturated rings. The second-order valence-electron chi connectivity index (χ2n) is 7.39. The Bertz CT molecular complexity index is 509. The van der Waals surface area contributed by atoms with Crippen LogP contribution in [0.15, 0.2) is 60.7 Å². The lowest BCUT2D eigenvalue weighted by Gasteiger charge is -2.18. The van der Waals surface area contributed by atoms with Crippen molar-refractivity contribution >= 4 is 0 Å². The fourth-order valence-electron chi connectivity index (χ4n) is 3.65. The Morgan fingerprint density at radius 1 is 0.615 bits per heavy atom. The van der Waals surface area contributed by atoms with Crippen molar-refractivity contribution in [1.82, 2.24) is 5.32 Å². The van der Waals surface area contributed by atoms with Crippen LogP contribution in [0.2, 0.25) is 0 Å². The molecule has 0 amide bonds. The minimum atomic E-state index is 0.489. The SMILES string of the molecule is CCCCCCCCCCNCCC(c1ccccc1)c1ccccc1. The third kappa shape index (κ3) is 8.19. The molecule has 0 saturated carbocycles. The van der Waals surface area contributed by atoms with Gasteiger partial charge in [-0.1, -0.05) is 113 Å². The highest BCUT2D eigenvalue weighted by molar-refractivity contribution is 5.32. The lowest BCUT2D eigenvalue weighted by atomic mass is 9.88. The Balaban J connectivity index is 1.64. The van der Waals surface area contributed by atoms with E-state index in [9.17, 15) is 0 Å². The molecule has 0 aromatic heterocycles. The second-order valence-corrected chi connectivity index (χ2v) is 7.39. The second kappa shape index (κ2) is 13.6. The third-order valence-electron chi connectivity index (χ3n) is 5.22. The standard InChI is InChI=1S/C25H37N/c1-2-3-4-5-6-7-8-15-21-26-22-20-25(23-16-11-9-12-17-23)24-18-13-10-14-19-24/h9-14,16-19,25-26H,2-8,15,20-22H2,1H3. The van der Waals surface area contributed by atoms with Crippen molar-refractivity contribution in [1.29, 1.82) is 0 Å². The van der Waals surface area contributed by atoms with Crippen LogP contribution in [-0.2, 0) is 0 Å². The molecule has 142 valence electrons. The van der Waals surface area contributed by atoms with E-state index in [0.717, 1.165) is 19.5 Å². The van der Waals surface area contributed by atoms with E-state index >= 15 is 0 Å². The van der Waals surface area contributed by atoms with Gasteiger partial charge in [-0.2, -0.15) is 0 Å². The zero-order chi connectivity index (χ0) is 18.3. The van der Waals surface area contributed by atoms with Gasteiger partial charge in [-0.05, 0) is 37.1 Å². The maximum Gasteiger partial charge on any atom is 0.0101 e. The van der Waals surface area contributed by atoms with Gasteiger partial charge in [0.25, 0.3) is 0 Å². The summed E-state index contributed by atoms with van der Waals surface area (Å²) in [6.45, 7) is 4.53. The molecule has 0 unspecified atom stereocenters. The smallest absolute Gasteiger partial charge is 0.0101 e. The number of hydrogen-bond donors (Lipinski definition) is 1. The van der Waals surface area contributed by atoms with E-state index in [1.165, 1.54) is 62.5 Å². The van der Waals surface area contributed by atoms with Crippen LogP contribution in [0.5, 0.6) is 0 Å². The average molecular weight is 352 g/mol. The minimum Gasteiger partial charge on any atom is -0.317 e. The molecule has 0 atom stereocenters. The zero-order valence-electron chi connectivity index (χ0n) is 16.6. The monoisotopic (exact) mass is 351 g/mol. The molecule has 0 saturated heterocycles. The van der Waals surface area contributed by atoms with Gasteiger partial charge in [-0.25, -0.2) is 0 Å². The van der Waals surface area contributed by atoms with E-state index in [1.54, 1.807) is 0 Å². The Morgan fingerprint density at radius 3 is 1.65 bits per heavy atom. The van der Waals surface area contributed by atoms with Crippen LogP contribution in [0.3, 0.4) is 0 Å². The summed E-state index contributed by atoms with van der Waals surface area (Å²) in [5.41, 5.74) is 2.85. The molecule has 0 aliphatic carbocycles. The Kier molecular flexibility index (Phi) is 10.8. The molecule has 0 aliphatic heterocycles. The van der Waals surface area contributed by atoms with Gasteiger partial charge in [0.05, 0.1) is 0 Å². The lowest BCUT2D eigenvalue weighted by molar-refractivity contribution is 0.544. The number of rotatable bonds is 14. The van der Waals surface area contributed by atoms with Gasteiger partial charge >= 0.3 is 0 Å². The minimum absolute atomic E-state index is 0.489. The van der Waals surface area contributed by atoms with Gasteiger partial charge < -0.3 is 5.32 Å². The van der Waals surface area contributed by atoms with Crippen molar-refractivity contribution < 1.29 is 0 Å². The first kappa shape index (κ1) is 20.7. The first-order valence-corrected chi connectivity index (χ1v) is 10.7. The predicted octanol–water partition coefficient (Wildman–Crippen LogP) is 6.94. The van der Waals surface area contributed by atoms with Crippen molar-refractivity contribution in [2.75, 3.05) is 13.1 Å². The van der Waals surface area contributed by atoms with Gasteiger partial charge in [0.1, 0.15) is 0 Å². The molecule has 1 N–H and O–H groups in total. The number of benzene rings is 2. The molecule has 1 heteroatoms. The number of hydrogen-bond acceptors (Lipinski definition) is 1. The molecule has 0 radical (unpaired) electrons. The molecule has 0 spiro atoms. The van der Waals surface area contributed by atoms with Crippen LogP contribution < -0.4 is 5.32 Å². The van der Waals surface area contributed by atoms with Gasteiger partial charge in [0.2, 0.25) is 0 Å². The predicted molar refractivity (Wildman–Crippen MR) is 115 cm³/mol. The van der Waals surface area contributed by atoms with E-state index in [4.69, 9.17) is 0 Å². The van der Waals surface area contributed by atoms with Gasteiger partial charge in [-0.15, -0.1) is 0 Å². The van der Waals surface area contributed by atoms with E-state index < -0.39 is 0 Å². The molecule has 1 nitrogen and oxygen atoms in total. The van der Waals surface area contributed by atoms with E-state index in [2.05, 4.69) is 72.9 Å². The average Bonchev–Trinajstić information content (AvgIpc) is 2.70. The quantitative estimate of drug-likeness (QED) is 0.363. The van der Waals surface area contributed by atoms with Crippen LogP contribution in [0.4, 0.5) is 0 Å². The molecule has 2 rings (SSSR count). The van der Waals surface area contributed by atoms with Gasteiger partial charge in [0, 0.05) is 5.92 Å². The normalized spacial score (nSPS) is 11.2. The maximum absolute atomic E-state index is 3.67. The molecule has 26 heavy (non-hydrogen) atoms. The fourth-order valence-corrected chi connectivity index (χ4v) is 3.65. The topological polar surface area (TPSA) is 12.0 Å². The summed E-state index contributed by atoms with van der Waals surface area (Å²) in [6.07, 6.45) is 12.3. The number of unbranched alkanes of at least 4 members (excludes halogenated alkanes) is 7. The maximum atomic E-state index is 3.67. The van der Waals surface area contributed by atoms with Crippen LogP contribution >= 0.6 is 0 Å². The Morgan fingerprint density at radius 2 is 1.12 bits per heavy atom. The lowest BCUT2D eigenvalue weighted by Crippen LogP contribution is -2.19. The van der Waals surface area contributed by atoms with Crippen molar-refractivity contribution in [3.05, 3.63) is 71.8 Å². The van der Waals surface area contributed by atoms with Gasteiger partial charge in [-0.3, -0.25) is 0 Å². The van der Waals surface area contributed by atoms with Gasteiger partial charge in [0.15, 0.2) is 0 Å². The zero-order valence-corrected chi connectivity index (χ0v) is 16.6. The summed E-state index contributed by atoms with van der Waals surface area (Å²) >= 11 is 0. The van der Waals surface area contributed by atoms with E-state index in [1.807, 2.05) is 0 Å². The van der Waals surface area contributed by atoms with Crippen molar-refractivity contribution in [2.24, 2.45) is 0 Å². The Hall–Kier alpha value is -1.60. The third-order valence-corrected chi connectivity index (χ3v) is 5.22. The largest absolute Gasteiger partial charge is 0.317 e. The molecular formula is C25H37N. The summed E-state index contributed by atoms with van der Waals surface area (Å²) in [6, 6.07) is 21.9. The van der Waals surface area contributed by atoms with Crippen molar-refractivity contribution in [3.63, 3.8) is 0 Å². The van der Waals surface area contributed by atoms with E-state index in [-0.39, 0.29) is 0 Å². The molecular weight excluding hydrogens is 314 g/mol. The van der Waals surface area contributed by atoms with Crippen molar-refractivity contribution in [3.8, 4) is 0 Å². The summed E-state index contributed by atoms with van der Waals surface area (Å²) in [5.74, 6) is 0.489. The summed E-state index contributed by atoms with van der Waals surface area (Å²) < 4.78 is 0. The van der Waals surface area contributed by atoms with Crippen LogP contribution in [0.1, 0.15) is 81.8 Å². The number of nitrogens with one attached hydrogen (secondary N) is 1. The summed E-state index contributed by atoms with van der Waals surface area (Å²) in [4.78, 5) is 0.